The van der Waals surface area contributed by atoms with E-state index in [1.807, 2.05) is 0 Å². The zero-order chi connectivity index (χ0) is 35.3. The topological polar surface area (TPSA) is 89.5 Å². The highest BCUT2D eigenvalue weighted by Gasteiger charge is 2.57. The minimum Gasteiger partial charge on any atom is -0.469 e. The van der Waals surface area contributed by atoms with Crippen LogP contribution in [0.1, 0.15) is 80.1 Å². The van der Waals surface area contributed by atoms with Crippen molar-refractivity contribution in [1.82, 2.24) is 0 Å². The highest BCUT2D eigenvalue weighted by molar-refractivity contribution is 14.1. The fourth-order valence-electron chi connectivity index (χ4n) is 5.06. The molecule has 2 rings (SSSR count). The predicted molar refractivity (Wildman–Crippen MR) is 198 cm³/mol. The number of hydrogen-bond donors (Lipinski definition) is 0. The fraction of sp³-hybridized carbons (Fsp3) is 0.824. The summed E-state index contributed by atoms with van der Waals surface area (Å²) in [6.45, 7) is 25.9. The van der Waals surface area contributed by atoms with Gasteiger partial charge in [0.25, 0.3) is 0 Å². The van der Waals surface area contributed by atoms with Crippen molar-refractivity contribution in [3.05, 3.63) is 10.2 Å². The number of hydrogen-bond acceptors (Lipinski definition) is 8. The summed E-state index contributed by atoms with van der Waals surface area (Å²) in [5, 5.41) is -0.367. The maximum atomic E-state index is 12.9. The molecule has 0 aromatic heterocycles. The number of Topliss-reactive ketones (excluding diaryl/α,β-unsaturated/α-hetero) is 1. The number of allylic oxidation sites excluding steroid dienone is 1. The zero-order valence-electron chi connectivity index (χ0n) is 30.1. The third-order valence-electron chi connectivity index (χ3n) is 9.92. The van der Waals surface area contributed by atoms with E-state index < -0.39 is 47.2 Å². The molecule has 264 valence electrons. The summed E-state index contributed by atoms with van der Waals surface area (Å²) in [4.78, 5) is 25.1. The minimum absolute atomic E-state index is 0.0886. The SMILES string of the molecule is C=C(I)C[C@H](Cl)CCC(=O)C#C[C@H](OC)C1O[C@H]2CCC(CC(=O)OC)O[C@@H]2C(O[Si](C)(C)C(C)(C)C)C1O[Si](C)(C)C(C)(C)C. The Morgan fingerprint density at radius 1 is 0.978 bits per heavy atom. The Morgan fingerprint density at radius 3 is 2.04 bits per heavy atom. The first kappa shape index (κ1) is 41.9. The number of ketones is 1. The van der Waals surface area contributed by atoms with Crippen LogP contribution in [0.4, 0.5) is 0 Å². The first-order chi connectivity index (χ1) is 21.0. The molecule has 0 amide bonds. The Hall–Kier alpha value is -0.306. The molecule has 0 saturated carbocycles. The van der Waals surface area contributed by atoms with Gasteiger partial charge in [0.05, 0.1) is 25.7 Å². The molecule has 4 unspecified atom stereocenters. The maximum Gasteiger partial charge on any atom is 0.308 e. The van der Waals surface area contributed by atoms with Gasteiger partial charge in [-0.15, -0.1) is 11.6 Å². The molecular weight excluding hydrogens is 755 g/mol. The summed E-state index contributed by atoms with van der Waals surface area (Å²) in [6.07, 6.45) is -0.751. The molecule has 2 aliphatic rings. The largest absolute Gasteiger partial charge is 0.469 e. The minimum atomic E-state index is -2.41. The second-order valence-electron chi connectivity index (χ2n) is 15.6. The molecule has 0 spiro atoms. The Kier molecular flexibility index (Phi) is 15.5. The van der Waals surface area contributed by atoms with Gasteiger partial charge in [-0.2, -0.15) is 0 Å². The number of fused-ring (bicyclic) bond motifs is 1. The van der Waals surface area contributed by atoms with E-state index >= 15 is 0 Å². The summed E-state index contributed by atoms with van der Waals surface area (Å²) >= 11 is 8.54. The van der Waals surface area contributed by atoms with Crippen LogP contribution in [0.2, 0.25) is 36.3 Å². The van der Waals surface area contributed by atoms with Gasteiger partial charge in [-0.25, -0.2) is 0 Å². The van der Waals surface area contributed by atoms with Crippen LogP contribution < -0.4 is 0 Å². The van der Waals surface area contributed by atoms with E-state index in [1.165, 1.54) is 7.11 Å². The lowest BCUT2D eigenvalue weighted by molar-refractivity contribution is -0.268. The molecule has 2 saturated heterocycles. The van der Waals surface area contributed by atoms with Crippen molar-refractivity contribution in [2.24, 2.45) is 0 Å². The molecule has 0 aliphatic carbocycles. The van der Waals surface area contributed by atoms with E-state index in [9.17, 15) is 9.59 Å². The lowest BCUT2D eigenvalue weighted by Crippen LogP contribution is -2.68. The van der Waals surface area contributed by atoms with Crippen LogP contribution >= 0.6 is 34.2 Å². The lowest BCUT2D eigenvalue weighted by atomic mass is 9.87. The summed E-state index contributed by atoms with van der Waals surface area (Å²) in [6, 6.07) is 0. The van der Waals surface area contributed by atoms with Crippen LogP contribution in [-0.2, 0) is 37.4 Å². The standard InChI is InChI=1S/C34H58ClIO8Si2/c1-22(36)20-23(35)14-15-24(37)16-18-26(39-8)29-31(43-45(10,11)33(2,3)4)32(44-46(12,13)34(5,6)7)30-27(42-29)19-17-25(41-30)21-28(38)40-9/h23,25-27,29-32H,1,14-15,17,19-21H2,2-13H3/t23-,25?,26+,27+,29?,30+,31?,32?/m1/s1. The molecule has 0 aromatic carbocycles. The third kappa shape index (κ3) is 11.6. The molecule has 8 nitrogen and oxygen atoms in total. The van der Waals surface area contributed by atoms with Crippen molar-refractivity contribution < 1.29 is 37.4 Å². The number of ether oxygens (including phenoxy) is 4. The molecular formula is C34H58ClIO8Si2. The predicted octanol–water partition coefficient (Wildman–Crippen LogP) is 7.96. The van der Waals surface area contributed by atoms with Crippen molar-refractivity contribution in [3.63, 3.8) is 0 Å². The zero-order valence-corrected chi connectivity index (χ0v) is 35.0. The first-order valence-corrected chi connectivity index (χ1v) is 23.6. The lowest BCUT2D eigenvalue weighted by Gasteiger charge is -2.55. The summed E-state index contributed by atoms with van der Waals surface area (Å²) in [5.74, 6) is 5.38. The number of carbonyl (C=O) groups excluding carboxylic acids is 2. The molecule has 0 aromatic rings. The summed E-state index contributed by atoms with van der Waals surface area (Å²) in [7, 11) is -1.82. The van der Waals surface area contributed by atoms with E-state index in [0.29, 0.717) is 25.7 Å². The second kappa shape index (κ2) is 17.1. The number of alkyl halides is 1. The van der Waals surface area contributed by atoms with Gasteiger partial charge in [0.2, 0.25) is 5.78 Å². The van der Waals surface area contributed by atoms with Crippen LogP contribution in [0.5, 0.6) is 0 Å². The molecule has 2 aliphatic heterocycles. The van der Waals surface area contributed by atoms with Gasteiger partial charge in [-0.1, -0.05) is 54.0 Å². The molecule has 8 atom stereocenters. The van der Waals surface area contributed by atoms with Gasteiger partial charge in [0.15, 0.2) is 16.6 Å². The van der Waals surface area contributed by atoms with Gasteiger partial charge < -0.3 is 27.8 Å². The Labute approximate surface area is 299 Å². The van der Waals surface area contributed by atoms with Crippen LogP contribution in [-0.4, -0.2) is 90.7 Å². The number of methoxy groups -OCH3 is 2. The molecule has 2 fully saturated rings. The van der Waals surface area contributed by atoms with E-state index in [2.05, 4.69) is 109 Å². The van der Waals surface area contributed by atoms with E-state index in [0.717, 1.165) is 3.58 Å². The van der Waals surface area contributed by atoms with Gasteiger partial charge in [-0.3, -0.25) is 9.59 Å². The van der Waals surface area contributed by atoms with Crippen molar-refractivity contribution >= 4 is 62.6 Å². The van der Waals surface area contributed by atoms with E-state index in [-0.39, 0.29) is 52.3 Å². The number of esters is 1. The molecule has 0 radical (unpaired) electrons. The van der Waals surface area contributed by atoms with Gasteiger partial charge in [-0.05, 0) is 94.0 Å². The molecule has 0 N–H and O–H groups in total. The van der Waals surface area contributed by atoms with Crippen molar-refractivity contribution in [1.29, 1.82) is 0 Å². The smallest absolute Gasteiger partial charge is 0.308 e. The van der Waals surface area contributed by atoms with Crippen molar-refractivity contribution in [2.45, 2.75) is 164 Å². The van der Waals surface area contributed by atoms with Crippen LogP contribution in [0.25, 0.3) is 0 Å². The van der Waals surface area contributed by atoms with Gasteiger partial charge >= 0.3 is 5.97 Å². The average Bonchev–Trinajstić information content (AvgIpc) is 2.92. The Morgan fingerprint density at radius 2 is 1.54 bits per heavy atom. The van der Waals surface area contributed by atoms with E-state index in [1.54, 1.807) is 7.11 Å². The van der Waals surface area contributed by atoms with Crippen molar-refractivity contribution in [3.8, 4) is 11.8 Å². The first-order valence-electron chi connectivity index (χ1n) is 16.3. The number of halogens is 2. The van der Waals surface area contributed by atoms with Crippen molar-refractivity contribution in [2.75, 3.05) is 14.2 Å². The van der Waals surface area contributed by atoms with Gasteiger partial charge in [0, 0.05) is 18.9 Å². The number of rotatable bonds is 13. The molecule has 46 heavy (non-hydrogen) atoms. The molecule has 0 bridgehead atoms. The molecule has 2 heterocycles. The monoisotopic (exact) mass is 812 g/mol. The average molecular weight is 813 g/mol. The van der Waals surface area contributed by atoms with Gasteiger partial charge in [0.1, 0.15) is 30.5 Å². The quantitative estimate of drug-likeness (QED) is 0.0463. The highest BCUT2D eigenvalue weighted by Crippen LogP contribution is 2.45. The highest BCUT2D eigenvalue weighted by atomic mass is 127. The number of carbonyl (C=O) groups is 2. The Balaban J connectivity index is 2.57. The Bertz CT molecular complexity index is 1120. The van der Waals surface area contributed by atoms with Crippen LogP contribution in [0.15, 0.2) is 10.2 Å². The molecule has 12 heteroatoms. The summed E-state index contributed by atoms with van der Waals surface area (Å²) < 4.78 is 39.8. The normalized spacial score (nSPS) is 27.1. The second-order valence-corrected chi connectivity index (χ2v) is 27.3. The van der Waals surface area contributed by atoms with Crippen LogP contribution in [0.3, 0.4) is 0 Å². The third-order valence-corrected chi connectivity index (χ3v) is 19.7. The fourth-order valence-corrected chi connectivity index (χ4v) is 8.76. The van der Waals surface area contributed by atoms with E-state index in [4.69, 9.17) is 39.4 Å². The summed E-state index contributed by atoms with van der Waals surface area (Å²) in [5.41, 5.74) is 0. The maximum absolute atomic E-state index is 12.9. The van der Waals surface area contributed by atoms with Crippen LogP contribution in [0, 0.1) is 11.8 Å².